The molecule has 0 aliphatic heterocycles. The molecule has 3 N–H and O–H groups in total. The van der Waals surface area contributed by atoms with Gasteiger partial charge in [0.15, 0.2) is 0 Å². The summed E-state index contributed by atoms with van der Waals surface area (Å²) in [5, 5.41) is 3.32. The van der Waals surface area contributed by atoms with E-state index in [-0.39, 0.29) is 5.91 Å². The zero-order chi connectivity index (χ0) is 22.2. The van der Waals surface area contributed by atoms with Gasteiger partial charge in [0.25, 0.3) is 11.8 Å². The second-order valence-electron chi connectivity index (χ2n) is 6.91. The Balaban J connectivity index is 1.77. The topological polar surface area (TPSA) is 90.7 Å². The van der Waals surface area contributed by atoms with Crippen LogP contribution in [0.5, 0.6) is 5.75 Å². The van der Waals surface area contributed by atoms with E-state index in [1.165, 1.54) is 11.3 Å². The highest BCUT2D eigenvalue weighted by molar-refractivity contribution is 7.17. The average Bonchev–Trinajstić information content (AvgIpc) is 3.07. The summed E-state index contributed by atoms with van der Waals surface area (Å²) in [6.07, 6.45) is 0.663. The number of rotatable bonds is 10. The van der Waals surface area contributed by atoms with Crippen molar-refractivity contribution in [3.8, 4) is 5.75 Å². The Morgan fingerprint density at radius 3 is 2.55 bits per heavy atom. The molecule has 0 atom stereocenters. The minimum atomic E-state index is -0.559. The quantitative estimate of drug-likeness (QED) is 0.459. The number of hydrogen-bond acceptors (Lipinski definition) is 5. The molecule has 1 heterocycles. The number of primary amides is 1. The van der Waals surface area contributed by atoms with Gasteiger partial charge in [-0.3, -0.25) is 9.59 Å². The number of anilines is 1. The summed E-state index contributed by atoms with van der Waals surface area (Å²) in [5.74, 6) is -0.309. The van der Waals surface area contributed by atoms with Crippen LogP contribution in [0.15, 0.2) is 54.6 Å². The molecular weight excluding hydrogens is 412 g/mol. The van der Waals surface area contributed by atoms with Gasteiger partial charge in [-0.25, -0.2) is 0 Å². The Bertz CT molecular complexity index is 1050. The van der Waals surface area contributed by atoms with Crippen LogP contribution in [0.25, 0.3) is 0 Å². The molecule has 31 heavy (non-hydrogen) atoms. The molecule has 0 spiro atoms. The lowest BCUT2D eigenvalue weighted by Gasteiger charge is -2.09. The van der Waals surface area contributed by atoms with Gasteiger partial charge in [0.2, 0.25) is 0 Å². The van der Waals surface area contributed by atoms with E-state index in [9.17, 15) is 9.59 Å². The molecule has 7 heteroatoms. The second-order valence-corrected chi connectivity index (χ2v) is 8.01. The van der Waals surface area contributed by atoms with Crippen molar-refractivity contribution in [3.05, 3.63) is 81.7 Å². The normalized spacial score (nSPS) is 10.6. The van der Waals surface area contributed by atoms with Crippen molar-refractivity contribution in [2.24, 2.45) is 5.73 Å². The van der Waals surface area contributed by atoms with Gasteiger partial charge in [-0.2, -0.15) is 0 Å². The first-order chi connectivity index (χ1) is 15.0. The van der Waals surface area contributed by atoms with Gasteiger partial charge in [-0.05, 0) is 43.2 Å². The number of ether oxygens (including phenoxy) is 2. The van der Waals surface area contributed by atoms with Crippen LogP contribution in [0.4, 0.5) is 5.00 Å². The van der Waals surface area contributed by atoms with Gasteiger partial charge in [0.05, 0.1) is 12.2 Å². The Kier molecular flexibility index (Phi) is 7.81. The third-order valence-corrected chi connectivity index (χ3v) is 5.93. The highest BCUT2D eigenvalue weighted by Gasteiger charge is 2.21. The van der Waals surface area contributed by atoms with Gasteiger partial charge in [0, 0.05) is 23.5 Å². The van der Waals surface area contributed by atoms with Crippen LogP contribution < -0.4 is 15.8 Å². The van der Waals surface area contributed by atoms with Crippen LogP contribution in [0.1, 0.15) is 43.6 Å². The largest absolute Gasteiger partial charge is 0.491 e. The minimum Gasteiger partial charge on any atom is -0.491 e. The van der Waals surface area contributed by atoms with Crippen LogP contribution in [-0.4, -0.2) is 31.6 Å². The van der Waals surface area contributed by atoms with Crippen molar-refractivity contribution in [3.63, 3.8) is 0 Å². The van der Waals surface area contributed by atoms with Gasteiger partial charge >= 0.3 is 0 Å². The Labute approximate surface area is 186 Å². The SMILES string of the molecule is CCOCCOc1cccc(C(=O)Nc2sc(Cc3ccccc3)c(C)c2C(N)=O)c1. The fourth-order valence-electron chi connectivity index (χ4n) is 3.16. The molecule has 3 aromatic rings. The molecule has 162 valence electrons. The number of carbonyl (C=O) groups excluding carboxylic acids is 2. The molecule has 0 saturated heterocycles. The predicted octanol–water partition coefficient (Wildman–Crippen LogP) is 4.41. The maximum absolute atomic E-state index is 12.9. The van der Waals surface area contributed by atoms with E-state index in [4.69, 9.17) is 15.2 Å². The van der Waals surface area contributed by atoms with E-state index in [0.29, 0.717) is 48.1 Å². The summed E-state index contributed by atoms with van der Waals surface area (Å²) in [4.78, 5) is 25.9. The molecule has 2 aromatic carbocycles. The van der Waals surface area contributed by atoms with Gasteiger partial charge in [0.1, 0.15) is 17.4 Å². The Morgan fingerprint density at radius 1 is 1.06 bits per heavy atom. The molecule has 2 amide bonds. The number of nitrogens with one attached hydrogen (secondary N) is 1. The molecular formula is C24H26N2O4S. The van der Waals surface area contributed by atoms with E-state index in [1.807, 2.05) is 44.2 Å². The Hall–Kier alpha value is -3.16. The molecule has 0 aliphatic rings. The lowest BCUT2D eigenvalue weighted by molar-refractivity contribution is 0.100. The average molecular weight is 439 g/mol. The molecule has 0 unspecified atom stereocenters. The number of thiophene rings is 1. The zero-order valence-corrected chi connectivity index (χ0v) is 18.5. The van der Waals surface area contributed by atoms with Crippen LogP contribution >= 0.6 is 11.3 Å². The van der Waals surface area contributed by atoms with Crippen LogP contribution in [0.2, 0.25) is 0 Å². The van der Waals surface area contributed by atoms with Crippen molar-refractivity contribution in [2.75, 3.05) is 25.1 Å². The maximum Gasteiger partial charge on any atom is 0.256 e. The highest BCUT2D eigenvalue weighted by Crippen LogP contribution is 2.34. The third kappa shape index (κ3) is 5.93. The van der Waals surface area contributed by atoms with E-state index in [0.717, 1.165) is 16.0 Å². The number of benzene rings is 2. The predicted molar refractivity (Wildman–Crippen MR) is 123 cm³/mol. The highest BCUT2D eigenvalue weighted by atomic mass is 32.1. The first kappa shape index (κ1) is 22.5. The fourth-order valence-corrected chi connectivity index (χ4v) is 4.40. The third-order valence-electron chi connectivity index (χ3n) is 4.72. The number of nitrogens with two attached hydrogens (primary N) is 1. The summed E-state index contributed by atoms with van der Waals surface area (Å²) in [5.41, 5.74) is 8.33. The first-order valence-electron chi connectivity index (χ1n) is 10.1. The van der Waals surface area contributed by atoms with Crippen LogP contribution in [0, 0.1) is 6.92 Å². The molecule has 6 nitrogen and oxygen atoms in total. The van der Waals surface area contributed by atoms with Gasteiger partial charge in [-0.1, -0.05) is 36.4 Å². The van der Waals surface area contributed by atoms with Gasteiger partial charge in [-0.15, -0.1) is 11.3 Å². The minimum absolute atomic E-state index is 0.328. The van der Waals surface area contributed by atoms with Gasteiger partial charge < -0.3 is 20.5 Å². The summed E-state index contributed by atoms with van der Waals surface area (Å²) in [6.45, 7) is 5.28. The number of amides is 2. The molecule has 0 fully saturated rings. The maximum atomic E-state index is 12.9. The molecule has 1 aromatic heterocycles. The molecule has 0 saturated carbocycles. The number of carbonyl (C=O) groups is 2. The van der Waals surface area contributed by atoms with E-state index in [1.54, 1.807) is 24.3 Å². The Morgan fingerprint density at radius 2 is 1.84 bits per heavy atom. The summed E-state index contributed by atoms with van der Waals surface area (Å²) >= 11 is 1.38. The number of hydrogen-bond donors (Lipinski definition) is 2. The lowest BCUT2D eigenvalue weighted by Crippen LogP contribution is -2.17. The van der Waals surface area contributed by atoms with E-state index in [2.05, 4.69) is 5.32 Å². The van der Waals surface area contributed by atoms with Crippen LogP contribution in [-0.2, 0) is 11.2 Å². The molecule has 0 bridgehead atoms. The molecule has 0 radical (unpaired) electrons. The lowest BCUT2D eigenvalue weighted by atomic mass is 10.1. The molecule has 3 rings (SSSR count). The summed E-state index contributed by atoms with van der Waals surface area (Å²) < 4.78 is 10.9. The van der Waals surface area contributed by atoms with Crippen molar-refractivity contribution >= 4 is 28.2 Å². The first-order valence-corrected chi connectivity index (χ1v) is 10.9. The second kappa shape index (κ2) is 10.7. The van der Waals surface area contributed by atoms with Crippen molar-refractivity contribution in [1.82, 2.24) is 0 Å². The van der Waals surface area contributed by atoms with Crippen molar-refractivity contribution < 1.29 is 19.1 Å². The summed E-state index contributed by atoms with van der Waals surface area (Å²) in [6, 6.07) is 16.8. The van der Waals surface area contributed by atoms with E-state index >= 15 is 0 Å². The van der Waals surface area contributed by atoms with Crippen molar-refractivity contribution in [2.45, 2.75) is 20.3 Å². The smallest absolute Gasteiger partial charge is 0.256 e. The monoisotopic (exact) mass is 438 g/mol. The summed E-state index contributed by atoms with van der Waals surface area (Å²) in [7, 11) is 0. The zero-order valence-electron chi connectivity index (χ0n) is 17.6. The fraction of sp³-hybridized carbons (Fsp3) is 0.250. The van der Waals surface area contributed by atoms with E-state index < -0.39 is 5.91 Å². The van der Waals surface area contributed by atoms with Crippen molar-refractivity contribution in [1.29, 1.82) is 0 Å². The standard InChI is InChI=1S/C24H26N2O4S/c1-3-29-12-13-30-19-11-7-10-18(15-19)23(28)26-24-21(22(25)27)16(2)20(31-24)14-17-8-5-4-6-9-17/h4-11,15H,3,12-14H2,1-2H3,(H2,25,27)(H,26,28). The molecule has 0 aliphatic carbocycles. The van der Waals surface area contributed by atoms with Crippen LogP contribution in [0.3, 0.4) is 0 Å².